The van der Waals surface area contributed by atoms with E-state index in [1.54, 1.807) is 62.6 Å². The zero-order valence-corrected chi connectivity index (χ0v) is 23.9. The number of para-hydroxylation sites is 1. The van der Waals surface area contributed by atoms with Gasteiger partial charge in [0.2, 0.25) is 11.8 Å². The molecule has 0 heterocycles. The standard InChI is InChI=1S/C30H37N3O5S/c1-6-25-14-10-11-18-28(25)33(39(36,37)27-16-8-7-9-17-27)21-29(34)32(23(4)30(35)31-22(2)3)20-24-13-12-15-26(19-24)38-5/h7-19,22-23H,6,20-21H2,1-5H3,(H,31,35). The largest absolute Gasteiger partial charge is 0.497 e. The minimum atomic E-state index is -4.10. The quantitative estimate of drug-likeness (QED) is 0.360. The van der Waals surface area contributed by atoms with Crippen molar-refractivity contribution in [2.24, 2.45) is 0 Å². The number of nitrogens with one attached hydrogen (secondary N) is 1. The van der Waals surface area contributed by atoms with E-state index in [1.807, 2.05) is 39.0 Å². The number of carbonyl (C=O) groups excluding carboxylic acids is 2. The maximum absolute atomic E-state index is 14.0. The van der Waals surface area contributed by atoms with Gasteiger partial charge in [-0.15, -0.1) is 0 Å². The Morgan fingerprint density at radius 3 is 2.23 bits per heavy atom. The van der Waals surface area contributed by atoms with Crippen LogP contribution in [-0.2, 0) is 32.6 Å². The van der Waals surface area contributed by atoms with Gasteiger partial charge in [0.25, 0.3) is 10.0 Å². The van der Waals surface area contributed by atoms with Gasteiger partial charge in [0, 0.05) is 12.6 Å². The molecular formula is C30H37N3O5S. The second-order valence-electron chi connectivity index (χ2n) is 9.52. The summed E-state index contributed by atoms with van der Waals surface area (Å²) in [6, 6.07) is 21.4. The van der Waals surface area contributed by atoms with Crippen molar-refractivity contribution in [1.82, 2.24) is 10.2 Å². The maximum Gasteiger partial charge on any atom is 0.264 e. The lowest BCUT2D eigenvalue weighted by molar-refractivity contribution is -0.139. The van der Waals surface area contributed by atoms with Gasteiger partial charge in [0.1, 0.15) is 18.3 Å². The number of hydrogen-bond donors (Lipinski definition) is 1. The van der Waals surface area contributed by atoms with E-state index < -0.39 is 28.5 Å². The molecule has 1 unspecified atom stereocenters. The van der Waals surface area contributed by atoms with Crippen molar-refractivity contribution in [3.8, 4) is 5.75 Å². The van der Waals surface area contributed by atoms with Gasteiger partial charge >= 0.3 is 0 Å². The number of hydrogen-bond acceptors (Lipinski definition) is 5. The Morgan fingerprint density at radius 2 is 1.59 bits per heavy atom. The van der Waals surface area contributed by atoms with Crippen molar-refractivity contribution >= 4 is 27.5 Å². The first kappa shape index (κ1) is 29.7. The van der Waals surface area contributed by atoms with Gasteiger partial charge in [-0.3, -0.25) is 13.9 Å². The number of nitrogens with zero attached hydrogens (tertiary/aromatic N) is 2. The van der Waals surface area contributed by atoms with E-state index in [0.717, 1.165) is 15.4 Å². The predicted octanol–water partition coefficient (Wildman–Crippen LogP) is 4.39. The summed E-state index contributed by atoms with van der Waals surface area (Å²) in [6.07, 6.45) is 0.575. The summed E-state index contributed by atoms with van der Waals surface area (Å²) >= 11 is 0. The number of ether oxygens (including phenoxy) is 1. The lowest BCUT2D eigenvalue weighted by atomic mass is 10.1. The summed E-state index contributed by atoms with van der Waals surface area (Å²) in [7, 11) is -2.54. The molecule has 1 N–H and O–H groups in total. The third kappa shape index (κ3) is 7.38. The van der Waals surface area contributed by atoms with Gasteiger partial charge in [0.05, 0.1) is 17.7 Å². The molecule has 3 aromatic carbocycles. The van der Waals surface area contributed by atoms with Gasteiger partial charge in [-0.25, -0.2) is 8.42 Å². The summed E-state index contributed by atoms with van der Waals surface area (Å²) < 4.78 is 34.3. The maximum atomic E-state index is 14.0. The summed E-state index contributed by atoms with van der Waals surface area (Å²) in [5.74, 6) is -0.216. The molecule has 8 nitrogen and oxygen atoms in total. The van der Waals surface area contributed by atoms with Gasteiger partial charge < -0.3 is 15.0 Å². The predicted molar refractivity (Wildman–Crippen MR) is 153 cm³/mol. The molecule has 0 aromatic heterocycles. The highest BCUT2D eigenvalue weighted by molar-refractivity contribution is 7.92. The second-order valence-corrected chi connectivity index (χ2v) is 11.4. The monoisotopic (exact) mass is 551 g/mol. The molecular weight excluding hydrogens is 514 g/mol. The first-order chi connectivity index (χ1) is 18.6. The zero-order valence-electron chi connectivity index (χ0n) is 23.1. The number of carbonyl (C=O) groups is 2. The van der Waals surface area contributed by atoms with Crippen LogP contribution in [0.5, 0.6) is 5.75 Å². The fourth-order valence-corrected chi connectivity index (χ4v) is 5.71. The van der Waals surface area contributed by atoms with Crippen LogP contribution in [0.2, 0.25) is 0 Å². The number of anilines is 1. The molecule has 0 saturated heterocycles. The van der Waals surface area contributed by atoms with Gasteiger partial charge in [-0.05, 0) is 68.7 Å². The average molecular weight is 552 g/mol. The fourth-order valence-electron chi connectivity index (χ4n) is 4.24. The molecule has 0 spiro atoms. The smallest absolute Gasteiger partial charge is 0.264 e. The second kappa shape index (κ2) is 13.3. The Labute approximate surface area is 231 Å². The summed E-state index contributed by atoms with van der Waals surface area (Å²) in [5.41, 5.74) is 1.96. The number of amides is 2. The van der Waals surface area contributed by atoms with Crippen molar-refractivity contribution in [3.05, 3.63) is 90.0 Å². The topological polar surface area (TPSA) is 96.0 Å². The van der Waals surface area contributed by atoms with E-state index in [-0.39, 0.29) is 23.4 Å². The Kier molecular flexibility index (Phi) is 10.1. The van der Waals surface area contributed by atoms with E-state index in [9.17, 15) is 18.0 Å². The van der Waals surface area contributed by atoms with E-state index in [1.165, 1.54) is 17.0 Å². The van der Waals surface area contributed by atoms with Gasteiger partial charge in [-0.1, -0.05) is 55.5 Å². The number of aryl methyl sites for hydroxylation is 1. The van der Waals surface area contributed by atoms with Crippen LogP contribution in [0.15, 0.2) is 83.8 Å². The molecule has 0 fully saturated rings. The molecule has 0 saturated carbocycles. The lowest BCUT2D eigenvalue weighted by Crippen LogP contribution is -2.52. The molecule has 0 aliphatic carbocycles. The van der Waals surface area contributed by atoms with Crippen LogP contribution >= 0.6 is 0 Å². The molecule has 9 heteroatoms. The van der Waals surface area contributed by atoms with Crippen molar-refractivity contribution in [2.75, 3.05) is 18.0 Å². The summed E-state index contributed by atoms with van der Waals surface area (Å²) in [5, 5.41) is 2.86. The highest BCUT2D eigenvalue weighted by Crippen LogP contribution is 2.28. The number of methoxy groups -OCH3 is 1. The van der Waals surface area contributed by atoms with E-state index in [0.29, 0.717) is 17.9 Å². The lowest BCUT2D eigenvalue weighted by Gasteiger charge is -2.33. The first-order valence-corrected chi connectivity index (χ1v) is 14.4. The van der Waals surface area contributed by atoms with Crippen LogP contribution in [0.4, 0.5) is 5.69 Å². The Morgan fingerprint density at radius 1 is 0.923 bits per heavy atom. The molecule has 208 valence electrons. The zero-order chi connectivity index (χ0) is 28.6. The number of sulfonamides is 1. The molecule has 1 atom stereocenters. The molecule has 39 heavy (non-hydrogen) atoms. The van der Waals surface area contributed by atoms with Crippen molar-refractivity contribution in [2.45, 2.75) is 57.6 Å². The molecule has 0 radical (unpaired) electrons. The highest BCUT2D eigenvalue weighted by atomic mass is 32.2. The van der Waals surface area contributed by atoms with E-state index >= 15 is 0 Å². The minimum absolute atomic E-state index is 0.0775. The van der Waals surface area contributed by atoms with Crippen LogP contribution < -0.4 is 14.4 Å². The fraction of sp³-hybridized carbons (Fsp3) is 0.333. The van der Waals surface area contributed by atoms with Gasteiger partial charge in [0.15, 0.2) is 0 Å². The van der Waals surface area contributed by atoms with E-state index in [4.69, 9.17) is 4.74 Å². The van der Waals surface area contributed by atoms with Crippen LogP contribution in [0.1, 0.15) is 38.8 Å². The van der Waals surface area contributed by atoms with Crippen molar-refractivity contribution in [1.29, 1.82) is 0 Å². The van der Waals surface area contributed by atoms with Crippen LogP contribution in [0.25, 0.3) is 0 Å². The van der Waals surface area contributed by atoms with Gasteiger partial charge in [-0.2, -0.15) is 0 Å². The molecule has 0 aliphatic heterocycles. The first-order valence-electron chi connectivity index (χ1n) is 13.0. The number of rotatable bonds is 12. The molecule has 3 aromatic rings. The molecule has 2 amide bonds. The minimum Gasteiger partial charge on any atom is -0.497 e. The van der Waals surface area contributed by atoms with Crippen molar-refractivity contribution < 1.29 is 22.7 Å². The third-order valence-corrected chi connectivity index (χ3v) is 8.11. The van der Waals surface area contributed by atoms with Crippen LogP contribution in [-0.4, -0.2) is 50.9 Å². The average Bonchev–Trinajstić information content (AvgIpc) is 2.94. The summed E-state index contributed by atoms with van der Waals surface area (Å²) in [4.78, 5) is 28.5. The Hall–Kier alpha value is -3.85. The molecule has 3 rings (SSSR count). The van der Waals surface area contributed by atoms with Crippen LogP contribution in [0, 0.1) is 0 Å². The van der Waals surface area contributed by atoms with Crippen molar-refractivity contribution in [3.63, 3.8) is 0 Å². The summed E-state index contributed by atoms with van der Waals surface area (Å²) in [6.45, 7) is 6.88. The van der Waals surface area contributed by atoms with Crippen LogP contribution in [0.3, 0.4) is 0 Å². The SMILES string of the molecule is CCc1ccccc1N(CC(=O)N(Cc1cccc(OC)c1)C(C)C(=O)NC(C)C)S(=O)(=O)c1ccccc1. The third-order valence-electron chi connectivity index (χ3n) is 6.34. The molecule has 0 aliphatic rings. The van der Waals surface area contributed by atoms with E-state index in [2.05, 4.69) is 5.32 Å². The highest BCUT2D eigenvalue weighted by Gasteiger charge is 2.33. The number of benzene rings is 3. The molecule has 0 bridgehead atoms. The Bertz CT molecular complexity index is 1380. The normalized spacial score (nSPS) is 12.1. The Balaban J connectivity index is 2.06.